The van der Waals surface area contributed by atoms with Gasteiger partial charge in [-0.3, -0.25) is 15.2 Å². The number of esters is 1. The summed E-state index contributed by atoms with van der Waals surface area (Å²) in [5.41, 5.74) is 7.98. The molecule has 0 aliphatic rings. The summed E-state index contributed by atoms with van der Waals surface area (Å²) in [6, 6.07) is 14.1. The molecular formula is C19H20ClN5O3. The van der Waals surface area contributed by atoms with E-state index in [9.17, 15) is 9.59 Å². The Labute approximate surface area is 167 Å². The monoisotopic (exact) mass is 401 g/mol. The van der Waals surface area contributed by atoms with Gasteiger partial charge in [-0.15, -0.1) is 17.5 Å². The molecule has 1 heterocycles. The molecule has 1 aromatic heterocycles. The van der Waals surface area contributed by atoms with Crippen molar-refractivity contribution in [1.82, 2.24) is 14.8 Å². The number of nitrogen functional groups attached to an aromatic ring is 1. The number of aromatic nitrogens is 3. The molecule has 4 N–H and O–H groups in total. The average Bonchev–Trinajstić information content (AvgIpc) is 3.08. The molecule has 0 amide bonds. The summed E-state index contributed by atoms with van der Waals surface area (Å²) in [5.74, 6) is 0.140. The van der Waals surface area contributed by atoms with Gasteiger partial charge in [0.15, 0.2) is 5.82 Å². The molecule has 28 heavy (non-hydrogen) atoms. The fourth-order valence-electron chi connectivity index (χ4n) is 2.59. The number of rotatable bonds is 6. The Bertz CT molecular complexity index is 1020. The Hall–Kier alpha value is -3.39. The van der Waals surface area contributed by atoms with E-state index in [1.807, 2.05) is 12.1 Å². The number of benzene rings is 2. The molecular weight excluding hydrogens is 382 g/mol. The minimum absolute atomic E-state index is 0. The predicted octanol–water partition coefficient (Wildman–Crippen LogP) is 2.04. The molecule has 0 saturated heterocycles. The molecule has 0 fully saturated rings. The second kappa shape index (κ2) is 9.01. The van der Waals surface area contributed by atoms with Gasteiger partial charge in [-0.05, 0) is 24.1 Å². The van der Waals surface area contributed by atoms with Crippen LogP contribution in [0.1, 0.15) is 17.5 Å². The number of hydrogen-bond donors (Lipinski definition) is 3. The fraction of sp³-hybridized carbons (Fsp3) is 0.158. The van der Waals surface area contributed by atoms with Gasteiger partial charge in [-0.25, -0.2) is 4.79 Å². The maximum Gasteiger partial charge on any atom is 0.348 e. The lowest BCUT2D eigenvalue weighted by atomic mass is 10.1. The van der Waals surface area contributed by atoms with Crippen molar-refractivity contribution in [3.8, 4) is 17.1 Å². The molecule has 0 atom stereocenters. The lowest BCUT2D eigenvalue weighted by molar-refractivity contribution is -0.140. The summed E-state index contributed by atoms with van der Waals surface area (Å²) in [7, 11) is 1.36. The second-order valence-corrected chi connectivity index (χ2v) is 5.92. The van der Waals surface area contributed by atoms with Crippen LogP contribution in [0.25, 0.3) is 17.1 Å². The van der Waals surface area contributed by atoms with E-state index in [4.69, 9.17) is 11.1 Å². The zero-order valence-electron chi connectivity index (χ0n) is 15.1. The third-order valence-electron chi connectivity index (χ3n) is 4.11. The topological polar surface area (TPSA) is 127 Å². The number of H-pyrrole nitrogens is 1. The fourth-order valence-corrected chi connectivity index (χ4v) is 2.59. The van der Waals surface area contributed by atoms with Crippen LogP contribution in [0.5, 0.6) is 0 Å². The SMILES string of the molecule is COC(=O)CCc1ccc(-n2nc(-c3ccc(C(=N)N)cc3)[nH]c2=O)cc1.Cl. The van der Waals surface area contributed by atoms with Crippen molar-refractivity contribution in [2.24, 2.45) is 5.73 Å². The van der Waals surface area contributed by atoms with Gasteiger partial charge in [0.1, 0.15) is 5.84 Å². The molecule has 3 aromatic rings. The molecule has 0 unspecified atom stereocenters. The smallest absolute Gasteiger partial charge is 0.348 e. The molecule has 146 valence electrons. The molecule has 0 radical (unpaired) electrons. The number of amidine groups is 1. The van der Waals surface area contributed by atoms with E-state index in [0.717, 1.165) is 5.56 Å². The highest BCUT2D eigenvalue weighted by molar-refractivity contribution is 5.95. The van der Waals surface area contributed by atoms with Gasteiger partial charge < -0.3 is 10.5 Å². The third kappa shape index (κ3) is 4.66. The summed E-state index contributed by atoms with van der Waals surface area (Å²) in [6.07, 6.45) is 0.870. The number of nitrogens with one attached hydrogen (secondary N) is 2. The number of carbonyl (C=O) groups excluding carboxylic acids is 1. The van der Waals surface area contributed by atoms with Crippen LogP contribution >= 0.6 is 12.4 Å². The second-order valence-electron chi connectivity index (χ2n) is 5.92. The first-order valence-corrected chi connectivity index (χ1v) is 8.28. The quantitative estimate of drug-likeness (QED) is 0.331. The van der Waals surface area contributed by atoms with Gasteiger partial charge in [-0.1, -0.05) is 36.4 Å². The van der Waals surface area contributed by atoms with Gasteiger partial charge in [0.05, 0.1) is 12.8 Å². The maximum absolute atomic E-state index is 12.3. The lowest BCUT2D eigenvalue weighted by Gasteiger charge is -2.03. The normalized spacial score (nSPS) is 10.2. The average molecular weight is 402 g/mol. The molecule has 8 nitrogen and oxygen atoms in total. The molecule has 0 aliphatic heterocycles. The van der Waals surface area contributed by atoms with Crippen molar-refractivity contribution in [3.05, 3.63) is 70.1 Å². The van der Waals surface area contributed by atoms with Crippen molar-refractivity contribution in [2.75, 3.05) is 7.11 Å². The number of nitrogens with two attached hydrogens (primary N) is 1. The van der Waals surface area contributed by atoms with Crippen molar-refractivity contribution in [2.45, 2.75) is 12.8 Å². The van der Waals surface area contributed by atoms with Gasteiger partial charge in [0.2, 0.25) is 0 Å². The van der Waals surface area contributed by atoms with Crippen LogP contribution in [0.3, 0.4) is 0 Å². The Morgan fingerprint density at radius 3 is 2.39 bits per heavy atom. The van der Waals surface area contributed by atoms with E-state index in [1.165, 1.54) is 11.8 Å². The zero-order valence-corrected chi connectivity index (χ0v) is 16.0. The van der Waals surface area contributed by atoms with E-state index in [2.05, 4.69) is 14.8 Å². The zero-order chi connectivity index (χ0) is 19.4. The summed E-state index contributed by atoms with van der Waals surface area (Å²) >= 11 is 0. The predicted molar refractivity (Wildman–Crippen MR) is 108 cm³/mol. The summed E-state index contributed by atoms with van der Waals surface area (Å²) < 4.78 is 5.90. The Kier molecular flexibility index (Phi) is 6.73. The first-order valence-electron chi connectivity index (χ1n) is 8.28. The highest BCUT2D eigenvalue weighted by Gasteiger charge is 2.10. The number of nitrogens with zero attached hydrogens (tertiary/aromatic N) is 2. The molecule has 3 rings (SSSR count). The van der Waals surface area contributed by atoms with E-state index >= 15 is 0 Å². The van der Waals surface area contributed by atoms with Crippen molar-refractivity contribution in [1.29, 1.82) is 5.41 Å². The van der Waals surface area contributed by atoms with E-state index in [1.54, 1.807) is 36.4 Å². The Morgan fingerprint density at radius 1 is 1.18 bits per heavy atom. The van der Waals surface area contributed by atoms with E-state index in [-0.39, 0.29) is 29.9 Å². The number of methoxy groups -OCH3 is 1. The first kappa shape index (κ1) is 20.9. The molecule has 9 heteroatoms. The summed E-state index contributed by atoms with van der Waals surface area (Å²) in [6.45, 7) is 0. The maximum atomic E-state index is 12.3. The largest absolute Gasteiger partial charge is 0.469 e. The number of carbonyl (C=O) groups is 1. The van der Waals surface area contributed by atoms with Crippen molar-refractivity contribution in [3.63, 3.8) is 0 Å². The van der Waals surface area contributed by atoms with Gasteiger partial charge in [-0.2, -0.15) is 4.68 Å². The van der Waals surface area contributed by atoms with Crippen LogP contribution in [0.2, 0.25) is 0 Å². The number of hydrogen-bond acceptors (Lipinski definition) is 5. The van der Waals surface area contributed by atoms with Crippen LogP contribution < -0.4 is 11.4 Å². The van der Waals surface area contributed by atoms with Crippen molar-refractivity contribution < 1.29 is 9.53 Å². The molecule has 0 saturated carbocycles. The van der Waals surface area contributed by atoms with Crippen LogP contribution in [0.15, 0.2) is 53.3 Å². The molecule has 2 aromatic carbocycles. The van der Waals surface area contributed by atoms with Gasteiger partial charge in [0.25, 0.3) is 0 Å². The van der Waals surface area contributed by atoms with Gasteiger partial charge >= 0.3 is 11.7 Å². The standard InChI is InChI=1S/C19H19N5O3.ClH/c1-27-16(25)11-4-12-2-9-15(10-3-12)24-19(26)22-18(23-24)14-7-5-13(6-8-14)17(20)21;/h2-3,5-10H,4,11H2,1H3,(H3,20,21)(H,22,23,26);1H. The van der Waals surface area contributed by atoms with Crippen molar-refractivity contribution >= 4 is 24.2 Å². The number of aryl methyl sites for hydroxylation is 1. The molecule has 0 bridgehead atoms. The van der Waals surface area contributed by atoms with E-state index in [0.29, 0.717) is 35.5 Å². The highest BCUT2D eigenvalue weighted by Crippen LogP contribution is 2.16. The van der Waals surface area contributed by atoms with E-state index < -0.39 is 0 Å². The highest BCUT2D eigenvalue weighted by atomic mass is 35.5. The third-order valence-corrected chi connectivity index (χ3v) is 4.11. The van der Waals surface area contributed by atoms with Gasteiger partial charge in [0, 0.05) is 17.5 Å². The summed E-state index contributed by atoms with van der Waals surface area (Å²) in [5, 5.41) is 11.7. The minimum atomic E-state index is -0.358. The number of aromatic amines is 1. The number of ether oxygens (including phenoxy) is 1. The summed E-state index contributed by atoms with van der Waals surface area (Å²) in [4.78, 5) is 26.2. The van der Waals surface area contributed by atoms with Crippen LogP contribution in [0.4, 0.5) is 0 Å². The molecule has 0 aliphatic carbocycles. The number of halogens is 1. The van der Waals surface area contributed by atoms with Crippen LogP contribution in [-0.2, 0) is 16.0 Å². The van der Waals surface area contributed by atoms with Crippen LogP contribution in [0, 0.1) is 5.41 Å². The Morgan fingerprint density at radius 2 is 1.82 bits per heavy atom. The Balaban J connectivity index is 0.00000280. The first-order chi connectivity index (χ1) is 13.0. The van der Waals surface area contributed by atoms with Crippen LogP contribution in [-0.4, -0.2) is 33.7 Å². The lowest BCUT2D eigenvalue weighted by Crippen LogP contribution is -2.15. The minimum Gasteiger partial charge on any atom is -0.469 e. The molecule has 0 spiro atoms.